The normalized spacial score (nSPS) is 51.6. The molecule has 32 heavy (non-hydrogen) atoms. The van der Waals surface area contributed by atoms with E-state index in [0.29, 0.717) is 36.9 Å². The number of carbonyl (C=O) groups is 2. The molecule has 4 saturated carbocycles. The third-order valence-electron chi connectivity index (χ3n) is 12.0. The molecule has 0 saturated heterocycles. The van der Waals surface area contributed by atoms with E-state index in [1.807, 2.05) is 0 Å². The number of rotatable bonds is 0. The Morgan fingerprint density at radius 2 is 1.59 bits per heavy atom. The Labute approximate surface area is 194 Å². The molecule has 0 aliphatic heterocycles. The van der Waals surface area contributed by atoms with Crippen molar-refractivity contribution < 1.29 is 14.7 Å². The highest BCUT2D eigenvalue weighted by Gasteiger charge is 2.70. The van der Waals surface area contributed by atoms with E-state index in [2.05, 4.69) is 54.5 Å². The molecule has 0 heterocycles. The lowest BCUT2D eigenvalue weighted by Gasteiger charge is -2.70. The van der Waals surface area contributed by atoms with Crippen molar-refractivity contribution in [1.29, 1.82) is 0 Å². The molecule has 7 atom stereocenters. The number of hydrogen-bond acceptors (Lipinski definition) is 3. The first-order valence-electron chi connectivity index (χ1n) is 13.1. The Hall–Kier alpha value is -0.960. The van der Waals surface area contributed by atoms with E-state index in [-0.39, 0.29) is 38.8 Å². The smallest absolute Gasteiger partial charge is 0.140 e. The van der Waals surface area contributed by atoms with Crippen molar-refractivity contribution in [3.8, 4) is 0 Å². The summed E-state index contributed by atoms with van der Waals surface area (Å²) < 4.78 is 0. The van der Waals surface area contributed by atoms with Gasteiger partial charge in [-0.3, -0.25) is 9.59 Å². The number of fused-ring (bicyclic) bond motifs is 7. The van der Waals surface area contributed by atoms with E-state index in [1.54, 1.807) is 0 Å². The molecule has 0 radical (unpaired) electrons. The van der Waals surface area contributed by atoms with Crippen molar-refractivity contribution in [2.45, 2.75) is 112 Å². The van der Waals surface area contributed by atoms with Gasteiger partial charge in [0.15, 0.2) is 0 Å². The molecular formula is C29H44O3. The minimum absolute atomic E-state index is 0.0310. The van der Waals surface area contributed by atoms with E-state index >= 15 is 0 Å². The zero-order valence-corrected chi connectivity index (χ0v) is 21.4. The summed E-state index contributed by atoms with van der Waals surface area (Å²) in [6, 6.07) is 0. The van der Waals surface area contributed by atoms with Crippen molar-refractivity contribution in [2.75, 3.05) is 0 Å². The third kappa shape index (κ3) is 2.58. The van der Waals surface area contributed by atoms with Crippen molar-refractivity contribution >= 4 is 11.6 Å². The van der Waals surface area contributed by atoms with Crippen LogP contribution in [0.4, 0.5) is 0 Å². The van der Waals surface area contributed by atoms with Crippen LogP contribution in [0.15, 0.2) is 11.6 Å². The van der Waals surface area contributed by atoms with Gasteiger partial charge in [-0.2, -0.15) is 0 Å². The average molecular weight is 441 g/mol. The number of carbonyl (C=O) groups excluding carboxylic acids is 2. The standard InChI is InChI=1S/C29H44O3/c1-24(2)13-10-18-19(30)16-28(7)22(29(18,32)17-24)9-8-21-26(5)14-12-23(31)25(3,4)20(26)11-15-27(21,28)6/h9,18,20-21,32H,8,10-17H2,1-7H3. The van der Waals surface area contributed by atoms with E-state index in [9.17, 15) is 14.7 Å². The summed E-state index contributed by atoms with van der Waals surface area (Å²) in [6.45, 7) is 16.0. The van der Waals surface area contributed by atoms with Crippen LogP contribution in [0, 0.1) is 44.8 Å². The molecule has 3 heteroatoms. The van der Waals surface area contributed by atoms with Gasteiger partial charge in [-0.25, -0.2) is 0 Å². The zero-order chi connectivity index (χ0) is 23.5. The SMILES string of the molecule is CC1(C)CCC2C(=O)CC3(C)C(=CCC4C5(C)CCC(=O)C(C)(C)C5CCC43C)C2(O)C1. The van der Waals surface area contributed by atoms with E-state index in [0.717, 1.165) is 38.5 Å². The Bertz CT molecular complexity index is 911. The van der Waals surface area contributed by atoms with Crippen LogP contribution in [-0.4, -0.2) is 22.3 Å². The van der Waals surface area contributed by atoms with Crippen LogP contribution in [0.2, 0.25) is 0 Å². The van der Waals surface area contributed by atoms with Crippen molar-refractivity contribution in [2.24, 2.45) is 44.8 Å². The van der Waals surface area contributed by atoms with Crippen molar-refractivity contribution in [3.63, 3.8) is 0 Å². The number of hydrogen-bond donors (Lipinski definition) is 1. The van der Waals surface area contributed by atoms with Crippen LogP contribution in [0.5, 0.6) is 0 Å². The largest absolute Gasteiger partial charge is 0.385 e. The summed E-state index contributed by atoms with van der Waals surface area (Å²) in [6.07, 6.45) is 10.2. The highest BCUT2D eigenvalue weighted by atomic mass is 16.3. The van der Waals surface area contributed by atoms with Gasteiger partial charge in [-0.1, -0.05) is 54.5 Å². The molecule has 0 amide bonds. The van der Waals surface area contributed by atoms with Gasteiger partial charge in [0.25, 0.3) is 0 Å². The monoisotopic (exact) mass is 440 g/mol. The third-order valence-corrected chi connectivity index (χ3v) is 12.0. The van der Waals surface area contributed by atoms with Gasteiger partial charge < -0.3 is 5.11 Å². The molecule has 1 N–H and O–H groups in total. The molecule has 3 nitrogen and oxygen atoms in total. The van der Waals surface area contributed by atoms with Gasteiger partial charge >= 0.3 is 0 Å². The fraction of sp³-hybridized carbons (Fsp3) is 0.862. The molecule has 5 aliphatic carbocycles. The molecule has 5 aliphatic rings. The van der Waals surface area contributed by atoms with E-state index in [4.69, 9.17) is 0 Å². The van der Waals surface area contributed by atoms with Crippen LogP contribution >= 0.6 is 0 Å². The summed E-state index contributed by atoms with van der Waals surface area (Å²) in [7, 11) is 0. The highest BCUT2D eigenvalue weighted by Crippen LogP contribution is 2.74. The average Bonchev–Trinajstić information content (AvgIpc) is 2.64. The van der Waals surface area contributed by atoms with Crippen LogP contribution < -0.4 is 0 Å². The highest BCUT2D eigenvalue weighted by molar-refractivity contribution is 5.87. The van der Waals surface area contributed by atoms with Crippen LogP contribution in [0.1, 0.15) is 106 Å². The molecule has 0 aromatic rings. The quantitative estimate of drug-likeness (QED) is 0.451. The summed E-state index contributed by atoms with van der Waals surface area (Å²) >= 11 is 0. The van der Waals surface area contributed by atoms with Gasteiger partial charge in [-0.05, 0) is 78.6 Å². The topological polar surface area (TPSA) is 54.4 Å². The second kappa shape index (κ2) is 6.37. The molecule has 7 unspecified atom stereocenters. The lowest BCUT2D eigenvalue weighted by molar-refractivity contribution is -0.193. The lowest BCUT2D eigenvalue weighted by atomic mass is 9.34. The van der Waals surface area contributed by atoms with Gasteiger partial charge in [-0.15, -0.1) is 0 Å². The van der Waals surface area contributed by atoms with E-state index in [1.165, 1.54) is 5.57 Å². The maximum Gasteiger partial charge on any atom is 0.140 e. The predicted octanol–water partition coefficient (Wildman–Crippen LogP) is 6.28. The van der Waals surface area contributed by atoms with Gasteiger partial charge in [0.1, 0.15) is 11.6 Å². The summed E-state index contributed by atoms with van der Waals surface area (Å²) in [5.41, 5.74) is -0.238. The summed E-state index contributed by atoms with van der Waals surface area (Å²) in [4.78, 5) is 26.5. The molecule has 4 fully saturated rings. The lowest BCUT2D eigenvalue weighted by Crippen LogP contribution is -2.67. The molecule has 5 rings (SSSR count). The van der Waals surface area contributed by atoms with Crippen LogP contribution in [-0.2, 0) is 9.59 Å². The fourth-order valence-electron chi connectivity index (χ4n) is 10.2. The maximum absolute atomic E-state index is 13.6. The molecular weight excluding hydrogens is 396 g/mol. The molecule has 0 spiro atoms. The second-order valence-corrected chi connectivity index (χ2v) is 14.4. The van der Waals surface area contributed by atoms with Crippen LogP contribution in [0.25, 0.3) is 0 Å². The first-order chi connectivity index (χ1) is 14.6. The first-order valence-corrected chi connectivity index (χ1v) is 13.1. The van der Waals surface area contributed by atoms with Gasteiger partial charge in [0.2, 0.25) is 0 Å². The Morgan fingerprint density at radius 1 is 0.906 bits per heavy atom. The second-order valence-electron chi connectivity index (χ2n) is 14.4. The minimum Gasteiger partial charge on any atom is -0.385 e. The Kier molecular flexibility index (Phi) is 4.54. The molecule has 0 aromatic carbocycles. The first kappa shape index (κ1) is 22.8. The number of aliphatic hydroxyl groups is 1. The van der Waals surface area contributed by atoms with Gasteiger partial charge in [0.05, 0.1) is 11.5 Å². The van der Waals surface area contributed by atoms with E-state index < -0.39 is 5.60 Å². The van der Waals surface area contributed by atoms with Crippen molar-refractivity contribution in [3.05, 3.63) is 11.6 Å². The number of ketones is 2. The molecule has 178 valence electrons. The van der Waals surface area contributed by atoms with Gasteiger partial charge in [0, 0.05) is 23.7 Å². The summed E-state index contributed by atoms with van der Waals surface area (Å²) in [5.74, 6) is 1.33. The predicted molar refractivity (Wildman–Crippen MR) is 127 cm³/mol. The van der Waals surface area contributed by atoms with Crippen LogP contribution in [0.3, 0.4) is 0 Å². The zero-order valence-electron chi connectivity index (χ0n) is 21.4. The molecule has 0 aromatic heterocycles. The molecule has 0 bridgehead atoms. The Morgan fingerprint density at radius 3 is 2.28 bits per heavy atom. The number of Topliss-reactive ketones (excluding diaryl/α,β-unsaturated/α-hetero) is 2. The number of allylic oxidation sites excluding steroid dienone is 1. The minimum atomic E-state index is -0.987. The Balaban J connectivity index is 1.63. The fourth-order valence-corrected chi connectivity index (χ4v) is 10.2. The summed E-state index contributed by atoms with van der Waals surface area (Å²) in [5, 5.41) is 12.2. The van der Waals surface area contributed by atoms with Crippen molar-refractivity contribution in [1.82, 2.24) is 0 Å². The maximum atomic E-state index is 13.6.